The van der Waals surface area contributed by atoms with Crippen LogP contribution in [0.15, 0.2) is 22.7 Å². The van der Waals surface area contributed by atoms with Gasteiger partial charge in [0, 0.05) is 43.6 Å². The highest BCUT2D eigenvalue weighted by Crippen LogP contribution is 2.20. The van der Waals surface area contributed by atoms with E-state index in [1.54, 1.807) is 12.1 Å². The summed E-state index contributed by atoms with van der Waals surface area (Å²) in [5.74, 6) is -0.176. The molecule has 4 rings (SSSR count). The third-order valence-electron chi connectivity index (χ3n) is 4.03. The number of carbonyl (C=O) groups is 1. The standard InChI is InChI=1S/C14H16BrFN2O/c15-11-2-1-10(12(16)8-11)7-14(19)13-9-17-3-5-18(13)6-4-17/h1-2,8,13H,3-7,9H2. The smallest absolute Gasteiger partial charge is 0.155 e. The largest absolute Gasteiger partial charge is 0.299 e. The molecule has 3 aliphatic rings. The number of hydrogen-bond donors (Lipinski definition) is 0. The van der Waals surface area contributed by atoms with Crippen molar-refractivity contribution in [3.8, 4) is 0 Å². The zero-order chi connectivity index (χ0) is 13.4. The summed E-state index contributed by atoms with van der Waals surface area (Å²) in [5, 5.41) is 0. The number of Topliss-reactive ketones (excluding diaryl/α,β-unsaturated/α-hetero) is 1. The zero-order valence-electron chi connectivity index (χ0n) is 10.6. The average Bonchev–Trinajstić information content (AvgIpc) is 2.43. The van der Waals surface area contributed by atoms with Crippen LogP contribution >= 0.6 is 15.9 Å². The summed E-state index contributed by atoms with van der Waals surface area (Å²) in [6.07, 6.45) is 0.189. The molecule has 0 radical (unpaired) electrons. The molecule has 3 heterocycles. The maximum absolute atomic E-state index is 13.8. The van der Waals surface area contributed by atoms with Crippen LogP contribution in [0, 0.1) is 5.82 Å². The summed E-state index contributed by atoms with van der Waals surface area (Å²) in [6.45, 7) is 4.82. The molecule has 3 fully saturated rings. The first-order chi connectivity index (χ1) is 9.13. The normalized spacial score (nSPS) is 29.5. The van der Waals surface area contributed by atoms with E-state index in [0.717, 1.165) is 32.7 Å². The molecule has 0 spiro atoms. The van der Waals surface area contributed by atoms with E-state index in [-0.39, 0.29) is 24.1 Å². The second-order valence-corrected chi connectivity index (χ2v) is 6.15. The summed E-state index contributed by atoms with van der Waals surface area (Å²) in [4.78, 5) is 16.9. The Labute approximate surface area is 120 Å². The Hall–Kier alpha value is -0.780. The number of fused-ring (bicyclic) bond motifs is 3. The van der Waals surface area contributed by atoms with Crippen LogP contribution in [-0.4, -0.2) is 54.3 Å². The monoisotopic (exact) mass is 326 g/mol. The van der Waals surface area contributed by atoms with Gasteiger partial charge >= 0.3 is 0 Å². The number of rotatable bonds is 3. The van der Waals surface area contributed by atoms with E-state index < -0.39 is 0 Å². The molecule has 3 aliphatic heterocycles. The lowest BCUT2D eigenvalue weighted by molar-refractivity contribution is -0.128. The quantitative estimate of drug-likeness (QED) is 0.844. The Kier molecular flexibility index (Phi) is 3.69. The van der Waals surface area contributed by atoms with E-state index in [2.05, 4.69) is 25.7 Å². The van der Waals surface area contributed by atoms with Crippen LogP contribution in [0.2, 0.25) is 0 Å². The molecule has 5 heteroatoms. The Morgan fingerprint density at radius 1 is 1.32 bits per heavy atom. The van der Waals surface area contributed by atoms with Gasteiger partial charge in [0.2, 0.25) is 0 Å². The second kappa shape index (κ2) is 5.31. The number of halogens is 2. The molecule has 0 aromatic heterocycles. The number of nitrogens with zero attached hydrogens (tertiary/aromatic N) is 2. The fourth-order valence-corrected chi connectivity index (χ4v) is 3.23. The molecule has 102 valence electrons. The van der Waals surface area contributed by atoms with Crippen molar-refractivity contribution in [3.05, 3.63) is 34.1 Å². The molecule has 1 aromatic rings. The number of piperazine rings is 3. The van der Waals surface area contributed by atoms with Gasteiger partial charge < -0.3 is 0 Å². The molecule has 0 N–H and O–H groups in total. The summed E-state index contributed by atoms with van der Waals surface area (Å²) >= 11 is 3.23. The maximum atomic E-state index is 13.8. The minimum Gasteiger partial charge on any atom is -0.299 e. The van der Waals surface area contributed by atoms with Gasteiger partial charge in [-0.15, -0.1) is 0 Å². The SMILES string of the molecule is O=C(Cc1ccc(Br)cc1F)C1CN2CCN1CC2. The van der Waals surface area contributed by atoms with Crippen molar-refractivity contribution in [2.45, 2.75) is 12.5 Å². The van der Waals surface area contributed by atoms with Gasteiger partial charge in [0.1, 0.15) is 5.82 Å². The van der Waals surface area contributed by atoms with Crippen molar-refractivity contribution in [3.63, 3.8) is 0 Å². The van der Waals surface area contributed by atoms with E-state index in [4.69, 9.17) is 0 Å². The maximum Gasteiger partial charge on any atom is 0.155 e. The van der Waals surface area contributed by atoms with Gasteiger partial charge in [-0.3, -0.25) is 14.6 Å². The Morgan fingerprint density at radius 2 is 2.05 bits per heavy atom. The summed E-state index contributed by atoms with van der Waals surface area (Å²) in [7, 11) is 0. The van der Waals surface area contributed by atoms with Crippen molar-refractivity contribution < 1.29 is 9.18 Å². The lowest BCUT2D eigenvalue weighted by atomic mass is 9.98. The fraction of sp³-hybridized carbons (Fsp3) is 0.500. The van der Waals surface area contributed by atoms with Crippen molar-refractivity contribution in [1.29, 1.82) is 0 Å². The lowest BCUT2D eigenvalue weighted by Crippen LogP contribution is -2.63. The minimum atomic E-state index is -0.306. The Bertz CT molecular complexity index is 500. The molecule has 3 saturated heterocycles. The van der Waals surface area contributed by atoms with E-state index in [0.29, 0.717) is 10.0 Å². The van der Waals surface area contributed by atoms with Gasteiger partial charge in [-0.1, -0.05) is 22.0 Å². The predicted octanol–water partition coefficient (Wildman–Crippen LogP) is 1.70. The minimum absolute atomic E-state index is 0.0504. The van der Waals surface area contributed by atoms with Crippen molar-refractivity contribution in [2.75, 3.05) is 32.7 Å². The lowest BCUT2D eigenvalue weighted by Gasteiger charge is -2.46. The van der Waals surface area contributed by atoms with Crippen LogP contribution in [0.3, 0.4) is 0 Å². The molecule has 0 saturated carbocycles. The molecule has 3 nitrogen and oxygen atoms in total. The van der Waals surface area contributed by atoms with Gasteiger partial charge in [-0.05, 0) is 17.7 Å². The van der Waals surface area contributed by atoms with Crippen LogP contribution in [0.1, 0.15) is 5.56 Å². The summed E-state index contributed by atoms with van der Waals surface area (Å²) < 4.78 is 14.5. The highest BCUT2D eigenvalue weighted by atomic mass is 79.9. The van der Waals surface area contributed by atoms with E-state index >= 15 is 0 Å². The van der Waals surface area contributed by atoms with Crippen LogP contribution in [0.5, 0.6) is 0 Å². The molecular weight excluding hydrogens is 311 g/mol. The fourth-order valence-electron chi connectivity index (χ4n) is 2.89. The molecule has 2 bridgehead atoms. The van der Waals surface area contributed by atoms with Gasteiger partial charge in [-0.25, -0.2) is 4.39 Å². The number of ketones is 1. The molecule has 1 unspecified atom stereocenters. The van der Waals surface area contributed by atoms with Gasteiger partial charge in [-0.2, -0.15) is 0 Å². The van der Waals surface area contributed by atoms with E-state index in [1.807, 2.05) is 0 Å². The first-order valence-electron chi connectivity index (χ1n) is 6.56. The molecule has 0 amide bonds. The average molecular weight is 327 g/mol. The highest BCUT2D eigenvalue weighted by Gasteiger charge is 2.35. The topological polar surface area (TPSA) is 23.6 Å². The predicted molar refractivity (Wildman–Crippen MR) is 74.6 cm³/mol. The molecule has 19 heavy (non-hydrogen) atoms. The Morgan fingerprint density at radius 3 is 2.63 bits per heavy atom. The highest BCUT2D eigenvalue weighted by molar-refractivity contribution is 9.10. The molecule has 1 aromatic carbocycles. The van der Waals surface area contributed by atoms with Crippen LogP contribution < -0.4 is 0 Å². The Balaban J connectivity index is 1.71. The molecule has 1 atom stereocenters. The summed E-state index contributed by atoms with van der Waals surface area (Å²) in [5.41, 5.74) is 0.492. The van der Waals surface area contributed by atoms with Gasteiger partial charge in [0.05, 0.1) is 6.04 Å². The zero-order valence-corrected chi connectivity index (χ0v) is 12.2. The van der Waals surface area contributed by atoms with E-state index in [1.165, 1.54) is 6.07 Å². The van der Waals surface area contributed by atoms with Crippen LogP contribution in [0.25, 0.3) is 0 Å². The number of hydrogen-bond acceptors (Lipinski definition) is 3. The first-order valence-corrected chi connectivity index (χ1v) is 7.36. The summed E-state index contributed by atoms with van der Waals surface area (Å²) in [6, 6.07) is 4.83. The van der Waals surface area contributed by atoms with Crippen molar-refractivity contribution >= 4 is 21.7 Å². The van der Waals surface area contributed by atoms with Gasteiger partial charge in [0.15, 0.2) is 5.78 Å². The van der Waals surface area contributed by atoms with Crippen LogP contribution in [0.4, 0.5) is 4.39 Å². The third kappa shape index (κ3) is 2.73. The molecular formula is C14H16BrFN2O. The first kappa shape index (κ1) is 13.2. The second-order valence-electron chi connectivity index (χ2n) is 5.23. The third-order valence-corrected chi connectivity index (χ3v) is 4.52. The van der Waals surface area contributed by atoms with Crippen molar-refractivity contribution in [1.82, 2.24) is 9.80 Å². The van der Waals surface area contributed by atoms with Crippen molar-refractivity contribution in [2.24, 2.45) is 0 Å². The number of benzene rings is 1. The van der Waals surface area contributed by atoms with Crippen LogP contribution in [-0.2, 0) is 11.2 Å². The van der Waals surface area contributed by atoms with Gasteiger partial charge in [0.25, 0.3) is 0 Å². The molecule has 0 aliphatic carbocycles. The van der Waals surface area contributed by atoms with E-state index in [9.17, 15) is 9.18 Å². The number of carbonyl (C=O) groups excluding carboxylic acids is 1.